The number of piperazine rings is 1. The molecule has 0 spiro atoms. The van der Waals surface area contributed by atoms with Gasteiger partial charge in [0.25, 0.3) is 0 Å². The Morgan fingerprint density at radius 1 is 1.35 bits per heavy atom. The lowest BCUT2D eigenvalue weighted by Gasteiger charge is -2.42. The molecule has 1 aliphatic rings. The van der Waals surface area contributed by atoms with E-state index in [0.717, 1.165) is 41.7 Å². The molecule has 4 heteroatoms. The Balaban J connectivity index is 2.16. The van der Waals surface area contributed by atoms with Gasteiger partial charge in [0.15, 0.2) is 0 Å². The molecule has 1 N–H and O–H groups in total. The molecule has 20 heavy (non-hydrogen) atoms. The summed E-state index contributed by atoms with van der Waals surface area (Å²) in [4.78, 5) is 2.55. The Kier molecular flexibility index (Phi) is 5.74. The van der Waals surface area contributed by atoms with Crippen LogP contribution in [-0.4, -0.2) is 30.1 Å². The van der Waals surface area contributed by atoms with Gasteiger partial charge in [0, 0.05) is 41.8 Å². The molecule has 0 bridgehead atoms. The molecule has 2 nitrogen and oxygen atoms in total. The summed E-state index contributed by atoms with van der Waals surface area (Å²) in [6, 6.07) is 6.85. The van der Waals surface area contributed by atoms with Gasteiger partial charge in [0.2, 0.25) is 0 Å². The fourth-order valence-corrected chi connectivity index (χ4v) is 3.27. The van der Waals surface area contributed by atoms with Crippen molar-refractivity contribution in [3.63, 3.8) is 0 Å². The summed E-state index contributed by atoms with van der Waals surface area (Å²) in [7, 11) is 0. The van der Waals surface area contributed by atoms with E-state index in [4.69, 9.17) is 23.2 Å². The van der Waals surface area contributed by atoms with Gasteiger partial charge in [-0.1, -0.05) is 44.0 Å². The standard InChI is InChI=1S/C16H24Cl2N2/c1-4-14-10-20(16(8-19-14)11(2)3)9-12-7-13(17)5-6-15(12)18/h5-7,11,14,16,19H,4,8-10H2,1-3H3. The molecule has 112 valence electrons. The number of nitrogens with one attached hydrogen (secondary N) is 1. The quantitative estimate of drug-likeness (QED) is 0.896. The molecule has 1 saturated heterocycles. The van der Waals surface area contributed by atoms with Crippen molar-refractivity contribution in [3.05, 3.63) is 33.8 Å². The lowest BCUT2D eigenvalue weighted by molar-refractivity contribution is 0.0901. The molecular weight excluding hydrogens is 291 g/mol. The highest BCUT2D eigenvalue weighted by atomic mass is 35.5. The van der Waals surface area contributed by atoms with Crippen molar-refractivity contribution in [2.24, 2.45) is 5.92 Å². The van der Waals surface area contributed by atoms with Crippen LogP contribution in [-0.2, 0) is 6.54 Å². The van der Waals surface area contributed by atoms with Gasteiger partial charge in [-0.05, 0) is 36.1 Å². The first-order valence-electron chi connectivity index (χ1n) is 7.42. The summed E-state index contributed by atoms with van der Waals surface area (Å²) in [5.41, 5.74) is 1.13. The smallest absolute Gasteiger partial charge is 0.0452 e. The third-order valence-corrected chi connectivity index (χ3v) is 4.79. The van der Waals surface area contributed by atoms with Crippen LogP contribution in [0.15, 0.2) is 18.2 Å². The zero-order valence-corrected chi connectivity index (χ0v) is 14.0. The SMILES string of the molecule is CCC1CN(Cc2cc(Cl)ccc2Cl)C(C(C)C)CN1. The van der Waals surface area contributed by atoms with Gasteiger partial charge in [0.1, 0.15) is 0 Å². The molecule has 1 aromatic carbocycles. The van der Waals surface area contributed by atoms with E-state index >= 15 is 0 Å². The molecule has 0 amide bonds. The maximum atomic E-state index is 6.31. The van der Waals surface area contributed by atoms with Gasteiger partial charge < -0.3 is 5.32 Å². The maximum absolute atomic E-state index is 6.31. The van der Waals surface area contributed by atoms with Gasteiger partial charge >= 0.3 is 0 Å². The van der Waals surface area contributed by atoms with Crippen LogP contribution < -0.4 is 5.32 Å². The minimum absolute atomic E-state index is 0.549. The van der Waals surface area contributed by atoms with Crippen molar-refractivity contribution in [1.82, 2.24) is 10.2 Å². The highest BCUT2D eigenvalue weighted by Crippen LogP contribution is 2.25. The summed E-state index contributed by atoms with van der Waals surface area (Å²) in [6.07, 6.45) is 1.16. The minimum Gasteiger partial charge on any atom is -0.311 e. The first-order chi connectivity index (χ1) is 9.51. The molecule has 1 aliphatic heterocycles. The first-order valence-corrected chi connectivity index (χ1v) is 8.18. The summed E-state index contributed by atoms with van der Waals surface area (Å²) in [5.74, 6) is 0.623. The molecule has 1 heterocycles. The van der Waals surface area contributed by atoms with E-state index in [-0.39, 0.29) is 0 Å². The fourth-order valence-electron chi connectivity index (χ4n) is 2.90. The Morgan fingerprint density at radius 3 is 2.75 bits per heavy atom. The van der Waals surface area contributed by atoms with Crippen LogP contribution in [0.2, 0.25) is 10.0 Å². The average molecular weight is 315 g/mol. The highest BCUT2D eigenvalue weighted by molar-refractivity contribution is 6.33. The Morgan fingerprint density at radius 2 is 2.10 bits per heavy atom. The van der Waals surface area contributed by atoms with Crippen molar-refractivity contribution in [2.75, 3.05) is 13.1 Å². The van der Waals surface area contributed by atoms with E-state index < -0.39 is 0 Å². The fraction of sp³-hybridized carbons (Fsp3) is 0.625. The van der Waals surface area contributed by atoms with Crippen molar-refractivity contribution < 1.29 is 0 Å². The Hall–Kier alpha value is -0.280. The number of nitrogens with zero attached hydrogens (tertiary/aromatic N) is 1. The molecule has 0 saturated carbocycles. The number of halogens is 2. The van der Waals surface area contributed by atoms with Crippen molar-refractivity contribution >= 4 is 23.2 Å². The van der Waals surface area contributed by atoms with Crippen LogP contribution in [0.25, 0.3) is 0 Å². The second-order valence-corrected chi connectivity index (χ2v) is 6.83. The molecular formula is C16H24Cl2N2. The average Bonchev–Trinajstić information content (AvgIpc) is 2.42. The van der Waals surface area contributed by atoms with Crippen molar-refractivity contribution in [3.8, 4) is 0 Å². The summed E-state index contributed by atoms with van der Waals surface area (Å²) >= 11 is 12.4. The van der Waals surface area contributed by atoms with Gasteiger partial charge in [0.05, 0.1) is 0 Å². The van der Waals surface area contributed by atoms with E-state index in [1.807, 2.05) is 18.2 Å². The third kappa shape index (κ3) is 3.88. The van der Waals surface area contributed by atoms with E-state index in [1.54, 1.807) is 0 Å². The monoisotopic (exact) mass is 314 g/mol. The minimum atomic E-state index is 0.549. The largest absolute Gasteiger partial charge is 0.311 e. The Bertz CT molecular complexity index is 448. The summed E-state index contributed by atoms with van der Waals surface area (Å²) in [6.45, 7) is 9.80. The zero-order valence-electron chi connectivity index (χ0n) is 12.5. The lowest BCUT2D eigenvalue weighted by atomic mass is 9.97. The van der Waals surface area contributed by atoms with Crippen LogP contribution in [0, 0.1) is 5.92 Å². The topological polar surface area (TPSA) is 15.3 Å². The van der Waals surface area contributed by atoms with Crippen molar-refractivity contribution in [2.45, 2.75) is 45.8 Å². The molecule has 0 radical (unpaired) electrons. The van der Waals surface area contributed by atoms with Crippen LogP contribution in [0.5, 0.6) is 0 Å². The van der Waals surface area contributed by atoms with Gasteiger partial charge in [-0.2, -0.15) is 0 Å². The molecule has 1 fully saturated rings. The van der Waals surface area contributed by atoms with Gasteiger partial charge in [-0.15, -0.1) is 0 Å². The van der Waals surface area contributed by atoms with Crippen LogP contribution in [0.1, 0.15) is 32.8 Å². The van der Waals surface area contributed by atoms with E-state index in [9.17, 15) is 0 Å². The van der Waals surface area contributed by atoms with Crippen LogP contribution >= 0.6 is 23.2 Å². The number of benzene rings is 1. The van der Waals surface area contributed by atoms with Crippen LogP contribution in [0.3, 0.4) is 0 Å². The molecule has 0 aromatic heterocycles. The van der Waals surface area contributed by atoms with Crippen molar-refractivity contribution in [1.29, 1.82) is 0 Å². The van der Waals surface area contributed by atoms with E-state index in [0.29, 0.717) is 18.0 Å². The molecule has 2 unspecified atom stereocenters. The number of hydrogen-bond acceptors (Lipinski definition) is 2. The lowest BCUT2D eigenvalue weighted by Crippen LogP contribution is -2.57. The van der Waals surface area contributed by atoms with Gasteiger partial charge in [-0.3, -0.25) is 4.90 Å². The highest BCUT2D eigenvalue weighted by Gasteiger charge is 2.29. The number of rotatable bonds is 4. The predicted molar refractivity (Wildman–Crippen MR) is 87.6 cm³/mol. The molecule has 1 aromatic rings. The predicted octanol–water partition coefficient (Wildman–Crippen LogP) is 4.20. The second-order valence-electron chi connectivity index (χ2n) is 5.99. The summed E-state index contributed by atoms with van der Waals surface area (Å²) in [5, 5.41) is 5.21. The van der Waals surface area contributed by atoms with Crippen LogP contribution in [0.4, 0.5) is 0 Å². The van der Waals surface area contributed by atoms with E-state index in [1.165, 1.54) is 0 Å². The second kappa shape index (κ2) is 7.13. The zero-order chi connectivity index (χ0) is 14.7. The van der Waals surface area contributed by atoms with E-state index in [2.05, 4.69) is 31.0 Å². The third-order valence-electron chi connectivity index (χ3n) is 4.18. The maximum Gasteiger partial charge on any atom is 0.0452 e. The Labute approximate surface area is 132 Å². The molecule has 2 rings (SSSR count). The van der Waals surface area contributed by atoms with Gasteiger partial charge in [-0.25, -0.2) is 0 Å². The molecule has 0 aliphatic carbocycles. The normalized spacial score (nSPS) is 24.3. The molecule has 2 atom stereocenters. The first kappa shape index (κ1) is 16.1. The number of hydrogen-bond donors (Lipinski definition) is 1. The summed E-state index contributed by atoms with van der Waals surface area (Å²) < 4.78 is 0.